The van der Waals surface area contributed by atoms with Crippen LogP contribution in [0.3, 0.4) is 0 Å². The van der Waals surface area contributed by atoms with Gasteiger partial charge in [-0.05, 0) is 38.1 Å². The van der Waals surface area contributed by atoms with E-state index in [0.29, 0.717) is 12.3 Å². The van der Waals surface area contributed by atoms with E-state index in [1.54, 1.807) is 0 Å². The number of carbonyl (C=O) groups is 1. The minimum atomic E-state index is -1.09. The van der Waals surface area contributed by atoms with Gasteiger partial charge in [0.2, 0.25) is 0 Å². The zero-order chi connectivity index (χ0) is 13.8. The van der Waals surface area contributed by atoms with Gasteiger partial charge in [0.05, 0.1) is 5.02 Å². The standard InChI is InChI=1S/C13H17ClN2O3/c14-11-8-9(15)7-10(13(17)18)12(11)19-6-5-16-3-1-2-4-16/h7-8H,1-6,15H2,(H,17,18). The maximum Gasteiger partial charge on any atom is 0.339 e. The third kappa shape index (κ3) is 3.52. The molecular weight excluding hydrogens is 268 g/mol. The molecular formula is C13H17ClN2O3. The number of likely N-dealkylation sites (tertiary alicyclic amines) is 1. The maximum absolute atomic E-state index is 11.1. The quantitative estimate of drug-likeness (QED) is 0.810. The monoisotopic (exact) mass is 284 g/mol. The van der Waals surface area contributed by atoms with Gasteiger partial charge in [-0.1, -0.05) is 11.6 Å². The van der Waals surface area contributed by atoms with Gasteiger partial charge in [-0.2, -0.15) is 0 Å². The summed E-state index contributed by atoms with van der Waals surface area (Å²) in [6.07, 6.45) is 2.42. The highest BCUT2D eigenvalue weighted by Crippen LogP contribution is 2.31. The number of carboxylic acids is 1. The smallest absolute Gasteiger partial charge is 0.339 e. The summed E-state index contributed by atoms with van der Waals surface area (Å²) in [4.78, 5) is 13.4. The second-order valence-corrected chi connectivity index (χ2v) is 4.99. The van der Waals surface area contributed by atoms with Gasteiger partial charge in [-0.3, -0.25) is 4.90 Å². The highest BCUT2D eigenvalue weighted by atomic mass is 35.5. The number of hydrogen-bond donors (Lipinski definition) is 2. The minimum absolute atomic E-state index is 0.00595. The van der Waals surface area contributed by atoms with Crippen LogP contribution in [0, 0.1) is 0 Å². The summed E-state index contributed by atoms with van der Waals surface area (Å²) < 4.78 is 5.54. The van der Waals surface area contributed by atoms with E-state index < -0.39 is 5.97 Å². The van der Waals surface area contributed by atoms with Crippen LogP contribution in [-0.4, -0.2) is 42.2 Å². The molecule has 0 bridgehead atoms. The summed E-state index contributed by atoms with van der Waals surface area (Å²) in [7, 11) is 0. The largest absolute Gasteiger partial charge is 0.490 e. The molecule has 0 aromatic heterocycles. The van der Waals surface area contributed by atoms with Crippen molar-refractivity contribution in [2.45, 2.75) is 12.8 Å². The van der Waals surface area contributed by atoms with E-state index in [1.165, 1.54) is 25.0 Å². The SMILES string of the molecule is Nc1cc(Cl)c(OCCN2CCCC2)c(C(=O)O)c1. The first kappa shape index (κ1) is 14.0. The minimum Gasteiger partial charge on any atom is -0.490 e. The van der Waals surface area contributed by atoms with E-state index in [2.05, 4.69) is 4.90 Å². The van der Waals surface area contributed by atoms with E-state index in [0.717, 1.165) is 19.6 Å². The molecule has 1 aliphatic rings. The molecule has 104 valence electrons. The number of hydrogen-bond acceptors (Lipinski definition) is 4. The highest BCUT2D eigenvalue weighted by Gasteiger charge is 2.17. The molecule has 5 nitrogen and oxygen atoms in total. The van der Waals surface area contributed by atoms with Crippen LogP contribution in [0.25, 0.3) is 0 Å². The Balaban J connectivity index is 2.03. The molecule has 1 aliphatic heterocycles. The zero-order valence-electron chi connectivity index (χ0n) is 10.6. The topological polar surface area (TPSA) is 75.8 Å². The number of nitrogens with two attached hydrogens (primary N) is 1. The predicted molar refractivity (Wildman–Crippen MR) is 74.0 cm³/mol. The van der Waals surface area contributed by atoms with Gasteiger partial charge in [-0.25, -0.2) is 4.79 Å². The molecule has 0 aliphatic carbocycles. The van der Waals surface area contributed by atoms with E-state index >= 15 is 0 Å². The van der Waals surface area contributed by atoms with Gasteiger partial charge in [0.1, 0.15) is 12.2 Å². The Morgan fingerprint density at radius 3 is 2.74 bits per heavy atom. The van der Waals surface area contributed by atoms with E-state index in [9.17, 15) is 4.79 Å². The average Bonchev–Trinajstić information content (AvgIpc) is 2.84. The first-order chi connectivity index (χ1) is 9.08. The lowest BCUT2D eigenvalue weighted by Gasteiger charge is -2.16. The average molecular weight is 285 g/mol. The van der Waals surface area contributed by atoms with Crippen molar-refractivity contribution in [3.05, 3.63) is 22.7 Å². The third-order valence-electron chi connectivity index (χ3n) is 3.15. The number of anilines is 1. The molecule has 0 spiro atoms. The predicted octanol–water partition coefficient (Wildman–Crippen LogP) is 2.10. The third-order valence-corrected chi connectivity index (χ3v) is 3.43. The normalized spacial score (nSPS) is 15.6. The molecule has 0 amide bonds. The molecule has 19 heavy (non-hydrogen) atoms. The van der Waals surface area contributed by atoms with Crippen LogP contribution in [0.1, 0.15) is 23.2 Å². The second-order valence-electron chi connectivity index (χ2n) is 4.58. The van der Waals surface area contributed by atoms with Crippen LogP contribution < -0.4 is 10.5 Å². The molecule has 0 radical (unpaired) electrons. The number of halogens is 1. The molecule has 0 saturated carbocycles. The Morgan fingerprint density at radius 2 is 2.11 bits per heavy atom. The van der Waals surface area contributed by atoms with Gasteiger partial charge in [0, 0.05) is 12.2 Å². The van der Waals surface area contributed by atoms with Crippen LogP contribution in [0.15, 0.2) is 12.1 Å². The lowest BCUT2D eigenvalue weighted by atomic mass is 10.2. The van der Waals surface area contributed by atoms with Gasteiger partial charge in [0.15, 0.2) is 5.75 Å². The van der Waals surface area contributed by atoms with Gasteiger partial charge in [-0.15, -0.1) is 0 Å². The van der Waals surface area contributed by atoms with Gasteiger partial charge >= 0.3 is 5.97 Å². The summed E-state index contributed by atoms with van der Waals surface area (Å²) in [6.45, 7) is 3.35. The summed E-state index contributed by atoms with van der Waals surface area (Å²) >= 11 is 5.99. The highest BCUT2D eigenvalue weighted by molar-refractivity contribution is 6.33. The Kier molecular flexibility index (Phi) is 4.50. The number of nitrogens with zero attached hydrogens (tertiary/aromatic N) is 1. The molecule has 1 aromatic rings. The number of nitrogen functional groups attached to an aromatic ring is 1. The van der Waals surface area contributed by atoms with Gasteiger partial charge in [0.25, 0.3) is 0 Å². The fourth-order valence-corrected chi connectivity index (χ4v) is 2.49. The Hall–Kier alpha value is -1.46. The first-order valence-electron chi connectivity index (χ1n) is 6.25. The van der Waals surface area contributed by atoms with E-state index in [4.69, 9.17) is 27.2 Å². The molecule has 1 saturated heterocycles. The Morgan fingerprint density at radius 1 is 1.42 bits per heavy atom. The van der Waals surface area contributed by atoms with Crippen molar-refractivity contribution in [1.82, 2.24) is 4.90 Å². The van der Waals surface area contributed by atoms with Crippen molar-refractivity contribution in [3.63, 3.8) is 0 Å². The van der Waals surface area contributed by atoms with Crippen molar-refractivity contribution in [3.8, 4) is 5.75 Å². The van der Waals surface area contributed by atoms with Crippen molar-refractivity contribution < 1.29 is 14.6 Å². The summed E-state index contributed by atoms with van der Waals surface area (Å²) in [6, 6.07) is 2.86. The van der Waals surface area contributed by atoms with E-state index in [-0.39, 0.29) is 16.3 Å². The molecule has 1 aromatic carbocycles. The summed E-state index contributed by atoms with van der Waals surface area (Å²) in [5.74, 6) is -0.895. The molecule has 0 atom stereocenters. The van der Waals surface area contributed by atoms with Gasteiger partial charge < -0.3 is 15.6 Å². The fourth-order valence-electron chi connectivity index (χ4n) is 2.20. The van der Waals surface area contributed by atoms with Crippen molar-refractivity contribution in [2.75, 3.05) is 32.0 Å². The first-order valence-corrected chi connectivity index (χ1v) is 6.63. The molecule has 2 rings (SSSR count). The van der Waals surface area contributed by atoms with Crippen molar-refractivity contribution in [2.24, 2.45) is 0 Å². The molecule has 1 fully saturated rings. The van der Waals surface area contributed by atoms with Crippen LogP contribution in [0.2, 0.25) is 5.02 Å². The number of aromatic carboxylic acids is 1. The summed E-state index contributed by atoms with van der Waals surface area (Å²) in [5.41, 5.74) is 5.90. The number of benzene rings is 1. The lowest BCUT2D eigenvalue weighted by Crippen LogP contribution is -2.25. The summed E-state index contributed by atoms with van der Waals surface area (Å²) in [5, 5.41) is 9.36. The molecule has 6 heteroatoms. The van der Waals surface area contributed by atoms with Crippen LogP contribution in [0.5, 0.6) is 5.75 Å². The fraction of sp³-hybridized carbons (Fsp3) is 0.462. The lowest BCUT2D eigenvalue weighted by molar-refractivity contribution is 0.0692. The Bertz CT molecular complexity index is 473. The molecule has 0 unspecified atom stereocenters. The number of rotatable bonds is 5. The van der Waals surface area contributed by atoms with Crippen molar-refractivity contribution in [1.29, 1.82) is 0 Å². The Labute approximate surface area is 116 Å². The van der Waals surface area contributed by atoms with E-state index in [1.807, 2.05) is 0 Å². The number of ether oxygens (including phenoxy) is 1. The number of carboxylic acid groups (broad SMARTS) is 1. The van der Waals surface area contributed by atoms with Crippen LogP contribution in [0.4, 0.5) is 5.69 Å². The van der Waals surface area contributed by atoms with Crippen molar-refractivity contribution >= 4 is 23.3 Å². The second kappa shape index (κ2) is 6.12. The maximum atomic E-state index is 11.1. The molecule has 3 N–H and O–H groups in total. The zero-order valence-corrected chi connectivity index (χ0v) is 11.3. The molecule has 1 heterocycles. The van der Waals surface area contributed by atoms with Crippen LogP contribution in [-0.2, 0) is 0 Å². The van der Waals surface area contributed by atoms with Crippen LogP contribution >= 0.6 is 11.6 Å².